The Hall–Kier alpha value is -0.510. The Balaban J connectivity index is 2.51. The SMILES string of the molecule is CCOP(=O)(O)CC1=COC(C)(C)O1. The summed E-state index contributed by atoms with van der Waals surface area (Å²) in [4.78, 5) is 9.30. The summed E-state index contributed by atoms with van der Waals surface area (Å²) >= 11 is 0. The highest BCUT2D eigenvalue weighted by atomic mass is 31.2. The summed E-state index contributed by atoms with van der Waals surface area (Å²) in [7, 11) is -3.57. The summed E-state index contributed by atoms with van der Waals surface area (Å²) < 4.78 is 26.4. The topological polar surface area (TPSA) is 65.0 Å². The van der Waals surface area contributed by atoms with E-state index in [1.54, 1.807) is 20.8 Å². The van der Waals surface area contributed by atoms with Gasteiger partial charge in [0.15, 0.2) is 0 Å². The average molecular weight is 222 g/mol. The van der Waals surface area contributed by atoms with E-state index in [1.165, 1.54) is 6.26 Å². The number of hydrogen-bond acceptors (Lipinski definition) is 4. The first-order chi connectivity index (χ1) is 6.35. The molecule has 1 aliphatic heterocycles. The van der Waals surface area contributed by atoms with Crippen LogP contribution in [0.1, 0.15) is 20.8 Å². The van der Waals surface area contributed by atoms with Gasteiger partial charge in [-0.25, -0.2) is 0 Å². The van der Waals surface area contributed by atoms with Gasteiger partial charge < -0.3 is 18.9 Å². The molecular formula is C8H15O5P. The van der Waals surface area contributed by atoms with Crippen LogP contribution in [-0.4, -0.2) is 23.4 Å². The second-order valence-electron chi connectivity index (χ2n) is 3.42. The summed E-state index contributed by atoms with van der Waals surface area (Å²) in [5.74, 6) is -0.407. The van der Waals surface area contributed by atoms with Gasteiger partial charge >= 0.3 is 7.60 Å². The van der Waals surface area contributed by atoms with Gasteiger partial charge in [0.25, 0.3) is 0 Å². The van der Waals surface area contributed by atoms with Gasteiger partial charge in [-0.1, -0.05) is 0 Å². The van der Waals surface area contributed by atoms with E-state index in [4.69, 9.17) is 14.0 Å². The van der Waals surface area contributed by atoms with E-state index in [-0.39, 0.29) is 12.8 Å². The lowest BCUT2D eigenvalue weighted by Gasteiger charge is -2.18. The zero-order valence-corrected chi connectivity index (χ0v) is 9.41. The van der Waals surface area contributed by atoms with Crippen LogP contribution >= 0.6 is 7.60 Å². The molecule has 1 unspecified atom stereocenters. The molecule has 1 heterocycles. The molecule has 0 bridgehead atoms. The maximum absolute atomic E-state index is 11.3. The fraction of sp³-hybridized carbons (Fsp3) is 0.750. The van der Waals surface area contributed by atoms with E-state index in [1.807, 2.05) is 0 Å². The molecule has 14 heavy (non-hydrogen) atoms. The van der Waals surface area contributed by atoms with Gasteiger partial charge in [-0.15, -0.1) is 0 Å². The summed E-state index contributed by atoms with van der Waals surface area (Å²) in [6, 6.07) is 0. The number of ether oxygens (including phenoxy) is 2. The molecular weight excluding hydrogens is 207 g/mol. The van der Waals surface area contributed by atoms with Crippen molar-refractivity contribution in [2.75, 3.05) is 12.8 Å². The Bertz CT molecular complexity index is 283. The fourth-order valence-electron chi connectivity index (χ4n) is 1.09. The highest BCUT2D eigenvalue weighted by Crippen LogP contribution is 2.45. The zero-order chi connectivity index (χ0) is 10.8. The van der Waals surface area contributed by atoms with Gasteiger partial charge in [-0.05, 0) is 6.92 Å². The molecule has 0 aromatic carbocycles. The van der Waals surface area contributed by atoms with Crippen molar-refractivity contribution in [1.29, 1.82) is 0 Å². The minimum atomic E-state index is -3.57. The third-order valence-electron chi connectivity index (χ3n) is 1.54. The van der Waals surface area contributed by atoms with Crippen LogP contribution < -0.4 is 0 Å². The maximum Gasteiger partial charge on any atom is 0.335 e. The molecule has 5 nitrogen and oxygen atoms in total. The van der Waals surface area contributed by atoms with Gasteiger partial charge in [-0.3, -0.25) is 4.57 Å². The van der Waals surface area contributed by atoms with Gasteiger partial charge in [0.1, 0.15) is 18.2 Å². The first-order valence-electron chi connectivity index (χ1n) is 4.37. The second kappa shape index (κ2) is 3.93. The van der Waals surface area contributed by atoms with Crippen molar-refractivity contribution in [2.24, 2.45) is 0 Å². The van der Waals surface area contributed by atoms with Crippen molar-refractivity contribution >= 4 is 7.60 Å². The van der Waals surface area contributed by atoms with Gasteiger partial charge in [0, 0.05) is 13.8 Å². The normalized spacial score (nSPS) is 23.3. The van der Waals surface area contributed by atoms with E-state index in [2.05, 4.69) is 0 Å². The molecule has 6 heteroatoms. The lowest BCUT2D eigenvalue weighted by atomic mass is 10.4. The van der Waals surface area contributed by atoms with Crippen LogP contribution in [0.3, 0.4) is 0 Å². The van der Waals surface area contributed by atoms with E-state index in [9.17, 15) is 9.46 Å². The molecule has 0 saturated carbocycles. The maximum atomic E-state index is 11.3. The van der Waals surface area contributed by atoms with Gasteiger partial charge in [0.05, 0.1) is 6.61 Å². The van der Waals surface area contributed by atoms with Gasteiger partial charge in [0.2, 0.25) is 5.79 Å². The molecule has 0 fully saturated rings. The van der Waals surface area contributed by atoms with Crippen LogP contribution in [-0.2, 0) is 18.6 Å². The largest absolute Gasteiger partial charge is 0.457 e. The summed E-state index contributed by atoms with van der Waals surface area (Å²) in [6.07, 6.45) is 1.20. The first-order valence-corrected chi connectivity index (χ1v) is 6.13. The predicted octanol–water partition coefficient (Wildman–Crippen LogP) is 1.83. The van der Waals surface area contributed by atoms with Crippen LogP contribution in [0.15, 0.2) is 12.0 Å². The van der Waals surface area contributed by atoms with E-state index < -0.39 is 13.4 Å². The Morgan fingerprint density at radius 1 is 1.64 bits per heavy atom. The molecule has 1 aliphatic rings. The van der Waals surface area contributed by atoms with Crippen LogP contribution in [0.5, 0.6) is 0 Å². The molecule has 0 aromatic rings. The number of rotatable bonds is 4. The Labute approximate surface area is 83.2 Å². The van der Waals surface area contributed by atoms with E-state index in [0.717, 1.165) is 0 Å². The minimum Gasteiger partial charge on any atom is -0.457 e. The number of hydrogen-bond donors (Lipinski definition) is 1. The third-order valence-corrected chi connectivity index (χ3v) is 2.91. The average Bonchev–Trinajstić information content (AvgIpc) is 2.28. The van der Waals surface area contributed by atoms with E-state index in [0.29, 0.717) is 5.76 Å². The highest BCUT2D eigenvalue weighted by Gasteiger charge is 2.32. The third kappa shape index (κ3) is 3.33. The highest BCUT2D eigenvalue weighted by molar-refractivity contribution is 7.53. The van der Waals surface area contributed by atoms with Crippen LogP contribution in [0.4, 0.5) is 0 Å². The van der Waals surface area contributed by atoms with Crippen LogP contribution in [0.2, 0.25) is 0 Å². The van der Waals surface area contributed by atoms with Crippen LogP contribution in [0.25, 0.3) is 0 Å². The Kier molecular flexibility index (Phi) is 3.24. The van der Waals surface area contributed by atoms with Crippen molar-refractivity contribution in [3.05, 3.63) is 12.0 Å². The monoisotopic (exact) mass is 222 g/mol. The molecule has 0 amide bonds. The zero-order valence-electron chi connectivity index (χ0n) is 8.52. The molecule has 1 atom stereocenters. The quantitative estimate of drug-likeness (QED) is 0.735. The Morgan fingerprint density at radius 2 is 2.29 bits per heavy atom. The Morgan fingerprint density at radius 3 is 2.71 bits per heavy atom. The van der Waals surface area contributed by atoms with Gasteiger partial charge in [-0.2, -0.15) is 0 Å². The molecule has 0 aliphatic carbocycles. The van der Waals surface area contributed by atoms with Crippen molar-refractivity contribution in [3.8, 4) is 0 Å². The lowest BCUT2D eigenvalue weighted by Crippen LogP contribution is -2.20. The fourth-order valence-corrected chi connectivity index (χ4v) is 2.11. The lowest BCUT2D eigenvalue weighted by molar-refractivity contribution is -0.115. The standard InChI is InChI=1S/C8H15O5P/c1-4-12-14(9,10)6-7-5-11-8(2,3)13-7/h5H,4,6H2,1-3H3,(H,9,10). The smallest absolute Gasteiger partial charge is 0.335 e. The summed E-state index contributed by atoms with van der Waals surface area (Å²) in [5.41, 5.74) is 0. The molecule has 82 valence electrons. The molecule has 0 aromatic heterocycles. The molecule has 0 saturated heterocycles. The van der Waals surface area contributed by atoms with Crippen molar-refractivity contribution < 1.29 is 23.5 Å². The second-order valence-corrected chi connectivity index (χ2v) is 5.27. The molecule has 1 rings (SSSR count). The van der Waals surface area contributed by atoms with Crippen molar-refractivity contribution in [2.45, 2.75) is 26.6 Å². The molecule has 0 spiro atoms. The summed E-state index contributed by atoms with van der Waals surface area (Å²) in [6.45, 7) is 5.30. The van der Waals surface area contributed by atoms with Crippen molar-refractivity contribution in [1.82, 2.24) is 0 Å². The molecule has 0 radical (unpaired) electrons. The van der Waals surface area contributed by atoms with E-state index >= 15 is 0 Å². The number of allylic oxidation sites excluding steroid dienone is 1. The molecule has 1 N–H and O–H groups in total. The minimum absolute atomic E-state index is 0.149. The summed E-state index contributed by atoms with van der Waals surface area (Å²) in [5, 5.41) is 0. The van der Waals surface area contributed by atoms with Crippen molar-refractivity contribution in [3.63, 3.8) is 0 Å². The predicted molar refractivity (Wildman–Crippen MR) is 50.7 cm³/mol. The first kappa shape index (κ1) is 11.6. The van der Waals surface area contributed by atoms with Crippen LogP contribution in [0, 0.1) is 0 Å².